The van der Waals surface area contributed by atoms with Crippen LogP contribution in [0.5, 0.6) is 0 Å². The Labute approximate surface area is 96.8 Å². The average molecular weight is 225 g/mol. The van der Waals surface area contributed by atoms with Crippen LogP contribution in [0.15, 0.2) is 24.3 Å². The van der Waals surface area contributed by atoms with Crippen LogP contribution in [0.25, 0.3) is 0 Å². The van der Waals surface area contributed by atoms with Gasteiger partial charge in [-0.3, -0.25) is 0 Å². The van der Waals surface area contributed by atoms with E-state index in [-0.39, 0.29) is 11.9 Å². The number of hydrogen-bond acceptors (Lipinski definition) is 2. The number of methoxy groups -OCH3 is 1. The lowest BCUT2D eigenvalue weighted by molar-refractivity contribution is 0.192. The molecule has 1 aromatic rings. The number of rotatable bonds is 7. The molecule has 3 heteroatoms. The maximum atomic E-state index is 12.7. The lowest BCUT2D eigenvalue weighted by Crippen LogP contribution is -2.20. The van der Waals surface area contributed by atoms with E-state index >= 15 is 0 Å². The van der Waals surface area contributed by atoms with Crippen LogP contribution >= 0.6 is 0 Å². The minimum Gasteiger partial charge on any atom is -0.385 e. The van der Waals surface area contributed by atoms with Gasteiger partial charge in [-0.15, -0.1) is 0 Å². The fourth-order valence-corrected chi connectivity index (χ4v) is 1.56. The van der Waals surface area contributed by atoms with E-state index in [1.165, 1.54) is 12.1 Å². The zero-order valence-electron chi connectivity index (χ0n) is 10.0. The number of benzene rings is 1. The molecule has 0 spiro atoms. The van der Waals surface area contributed by atoms with Gasteiger partial charge in [0.2, 0.25) is 0 Å². The van der Waals surface area contributed by atoms with Gasteiger partial charge in [0.25, 0.3) is 0 Å². The van der Waals surface area contributed by atoms with Gasteiger partial charge in [0.15, 0.2) is 0 Å². The highest BCUT2D eigenvalue weighted by atomic mass is 19.1. The molecule has 1 rings (SSSR count). The summed E-state index contributed by atoms with van der Waals surface area (Å²) in [6, 6.07) is 6.91. The first-order valence-corrected chi connectivity index (χ1v) is 5.72. The van der Waals surface area contributed by atoms with Crippen molar-refractivity contribution in [3.05, 3.63) is 35.6 Å². The normalized spacial score (nSPS) is 12.7. The molecule has 1 aromatic carbocycles. The number of nitrogens with one attached hydrogen (secondary N) is 1. The summed E-state index contributed by atoms with van der Waals surface area (Å²) in [6.45, 7) is 3.86. The quantitative estimate of drug-likeness (QED) is 0.720. The molecule has 0 aliphatic heterocycles. The first kappa shape index (κ1) is 13.1. The zero-order chi connectivity index (χ0) is 11.8. The second-order valence-corrected chi connectivity index (χ2v) is 3.93. The molecule has 0 radical (unpaired) electrons. The highest BCUT2D eigenvalue weighted by Gasteiger charge is 2.03. The van der Waals surface area contributed by atoms with Crippen molar-refractivity contribution in [2.45, 2.75) is 25.8 Å². The van der Waals surface area contributed by atoms with Crippen LogP contribution in [0, 0.1) is 5.82 Å². The average Bonchev–Trinajstić information content (AvgIpc) is 2.29. The Kier molecular flexibility index (Phi) is 6.04. The molecule has 0 heterocycles. The van der Waals surface area contributed by atoms with Crippen molar-refractivity contribution >= 4 is 0 Å². The SMILES string of the molecule is COCCCCN[C@H](C)c1ccc(F)cc1. The summed E-state index contributed by atoms with van der Waals surface area (Å²) < 4.78 is 17.7. The lowest BCUT2D eigenvalue weighted by Gasteiger charge is -2.14. The number of halogens is 1. The predicted octanol–water partition coefficient (Wildman–Crippen LogP) is 2.90. The van der Waals surface area contributed by atoms with Crippen molar-refractivity contribution in [1.29, 1.82) is 0 Å². The molecule has 0 aliphatic rings. The van der Waals surface area contributed by atoms with Crippen LogP contribution in [0.3, 0.4) is 0 Å². The molecular weight excluding hydrogens is 205 g/mol. The minimum absolute atomic E-state index is 0.184. The van der Waals surface area contributed by atoms with Crippen LogP contribution < -0.4 is 5.32 Å². The van der Waals surface area contributed by atoms with Crippen molar-refractivity contribution < 1.29 is 9.13 Å². The van der Waals surface area contributed by atoms with E-state index in [4.69, 9.17) is 4.74 Å². The first-order chi connectivity index (χ1) is 7.74. The Morgan fingerprint density at radius 3 is 2.56 bits per heavy atom. The molecule has 2 nitrogen and oxygen atoms in total. The molecule has 90 valence electrons. The highest BCUT2D eigenvalue weighted by molar-refractivity contribution is 5.19. The van der Waals surface area contributed by atoms with Crippen LogP contribution in [0.4, 0.5) is 4.39 Å². The van der Waals surface area contributed by atoms with Gasteiger partial charge in [-0.05, 0) is 44.0 Å². The highest BCUT2D eigenvalue weighted by Crippen LogP contribution is 2.12. The fourth-order valence-electron chi connectivity index (χ4n) is 1.56. The maximum absolute atomic E-state index is 12.7. The van der Waals surface area contributed by atoms with E-state index in [0.29, 0.717) is 0 Å². The summed E-state index contributed by atoms with van der Waals surface area (Å²) in [5.74, 6) is -0.184. The third-order valence-corrected chi connectivity index (χ3v) is 2.60. The Morgan fingerprint density at radius 2 is 1.94 bits per heavy atom. The van der Waals surface area contributed by atoms with Gasteiger partial charge in [-0.2, -0.15) is 0 Å². The summed E-state index contributed by atoms with van der Waals surface area (Å²) in [5, 5.41) is 3.40. The van der Waals surface area contributed by atoms with E-state index in [0.717, 1.165) is 31.6 Å². The van der Waals surface area contributed by atoms with E-state index in [1.54, 1.807) is 7.11 Å². The summed E-state index contributed by atoms with van der Waals surface area (Å²) in [7, 11) is 1.72. The van der Waals surface area contributed by atoms with E-state index in [2.05, 4.69) is 12.2 Å². The standard InChI is InChI=1S/C13H20FNO/c1-11(15-9-3-4-10-16-2)12-5-7-13(14)8-6-12/h5-8,11,15H,3-4,9-10H2,1-2H3/t11-/m1/s1. The largest absolute Gasteiger partial charge is 0.385 e. The summed E-state index contributed by atoms with van der Waals surface area (Å²) in [5.41, 5.74) is 1.12. The Hall–Kier alpha value is -0.930. The van der Waals surface area contributed by atoms with Gasteiger partial charge >= 0.3 is 0 Å². The molecule has 0 amide bonds. The third-order valence-electron chi connectivity index (χ3n) is 2.60. The molecule has 1 atom stereocenters. The molecule has 0 aliphatic carbocycles. The van der Waals surface area contributed by atoms with Crippen LogP contribution in [-0.2, 0) is 4.74 Å². The Morgan fingerprint density at radius 1 is 1.25 bits per heavy atom. The first-order valence-electron chi connectivity index (χ1n) is 5.72. The summed E-state index contributed by atoms with van der Waals surface area (Å²) >= 11 is 0. The number of unbranched alkanes of at least 4 members (excludes halogenated alkanes) is 1. The molecule has 0 unspecified atom stereocenters. The Bertz CT molecular complexity index is 286. The Balaban J connectivity index is 2.24. The van der Waals surface area contributed by atoms with Crippen molar-refractivity contribution in [3.8, 4) is 0 Å². The van der Waals surface area contributed by atoms with E-state index < -0.39 is 0 Å². The topological polar surface area (TPSA) is 21.3 Å². The van der Waals surface area contributed by atoms with E-state index in [9.17, 15) is 4.39 Å². The molecule has 16 heavy (non-hydrogen) atoms. The molecule has 0 aromatic heterocycles. The van der Waals surface area contributed by atoms with Gasteiger partial charge in [0.1, 0.15) is 5.82 Å². The maximum Gasteiger partial charge on any atom is 0.123 e. The monoisotopic (exact) mass is 225 g/mol. The van der Waals surface area contributed by atoms with Crippen molar-refractivity contribution in [2.75, 3.05) is 20.3 Å². The third kappa shape index (κ3) is 4.73. The molecule has 0 fully saturated rings. The van der Waals surface area contributed by atoms with Crippen LogP contribution in [-0.4, -0.2) is 20.3 Å². The molecule has 1 N–H and O–H groups in total. The van der Waals surface area contributed by atoms with Gasteiger partial charge in [0.05, 0.1) is 0 Å². The fraction of sp³-hybridized carbons (Fsp3) is 0.538. The van der Waals surface area contributed by atoms with Gasteiger partial charge in [-0.1, -0.05) is 12.1 Å². The number of hydrogen-bond donors (Lipinski definition) is 1. The van der Waals surface area contributed by atoms with Crippen molar-refractivity contribution in [3.63, 3.8) is 0 Å². The van der Waals surface area contributed by atoms with E-state index in [1.807, 2.05) is 12.1 Å². The lowest BCUT2D eigenvalue weighted by atomic mass is 10.1. The summed E-state index contributed by atoms with van der Waals surface area (Å²) in [4.78, 5) is 0. The van der Waals surface area contributed by atoms with Crippen molar-refractivity contribution in [1.82, 2.24) is 5.32 Å². The second-order valence-electron chi connectivity index (χ2n) is 3.93. The van der Waals surface area contributed by atoms with Gasteiger partial charge in [-0.25, -0.2) is 4.39 Å². The molecule has 0 saturated carbocycles. The second kappa shape index (κ2) is 7.36. The van der Waals surface area contributed by atoms with Crippen LogP contribution in [0.2, 0.25) is 0 Å². The van der Waals surface area contributed by atoms with Gasteiger partial charge in [0, 0.05) is 19.8 Å². The summed E-state index contributed by atoms with van der Waals surface area (Å²) in [6.07, 6.45) is 2.17. The molecule has 0 bridgehead atoms. The number of ether oxygens (including phenoxy) is 1. The van der Waals surface area contributed by atoms with Crippen molar-refractivity contribution in [2.24, 2.45) is 0 Å². The predicted molar refractivity (Wildman–Crippen MR) is 63.9 cm³/mol. The molecule has 0 saturated heterocycles. The minimum atomic E-state index is -0.184. The van der Waals surface area contributed by atoms with Crippen LogP contribution in [0.1, 0.15) is 31.4 Å². The van der Waals surface area contributed by atoms with Gasteiger partial charge < -0.3 is 10.1 Å². The smallest absolute Gasteiger partial charge is 0.123 e. The zero-order valence-corrected chi connectivity index (χ0v) is 10.0. The molecular formula is C13H20FNO.